The van der Waals surface area contributed by atoms with Crippen LogP contribution in [0, 0.1) is 6.92 Å². The normalized spacial score (nSPS) is 17.7. The fraction of sp³-hybridized carbons (Fsp3) is 0.500. The molecule has 0 bridgehead atoms. The number of thiazole rings is 1. The monoisotopic (exact) mass is 210 g/mol. The molecular weight excluding hydrogens is 196 g/mol. The summed E-state index contributed by atoms with van der Waals surface area (Å²) in [6.45, 7) is 2.79. The van der Waals surface area contributed by atoms with Gasteiger partial charge in [0.2, 0.25) is 0 Å². The Labute approximate surface area is 87.6 Å². The number of ether oxygens (including phenoxy) is 1. The molecule has 3 nitrogen and oxygen atoms in total. The lowest BCUT2D eigenvalue weighted by Crippen LogP contribution is -2.24. The maximum absolute atomic E-state index is 6.04. The summed E-state index contributed by atoms with van der Waals surface area (Å²) in [5, 5.41) is 3.18. The molecule has 2 N–H and O–H groups in total. The summed E-state index contributed by atoms with van der Waals surface area (Å²) in [6, 6.07) is 0.0685. The molecular formula is C10H14N2OS. The maximum atomic E-state index is 6.04. The summed E-state index contributed by atoms with van der Waals surface area (Å²) in [5.41, 5.74) is 8.33. The van der Waals surface area contributed by atoms with Crippen molar-refractivity contribution in [1.29, 1.82) is 0 Å². The Morgan fingerprint density at radius 1 is 1.71 bits per heavy atom. The molecule has 0 aromatic carbocycles. The van der Waals surface area contributed by atoms with Crippen molar-refractivity contribution in [3.63, 3.8) is 0 Å². The van der Waals surface area contributed by atoms with Gasteiger partial charge in [-0.2, -0.15) is 0 Å². The van der Waals surface area contributed by atoms with Crippen LogP contribution in [0.5, 0.6) is 0 Å². The van der Waals surface area contributed by atoms with Crippen LogP contribution < -0.4 is 5.73 Å². The lowest BCUT2D eigenvalue weighted by atomic mass is 10.0. The summed E-state index contributed by atoms with van der Waals surface area (Å²) < 4.78 is 5.16. The van der Waals surface area contributed by atoms with Crippen LogP contribution in [0.3, 0.4) is 0 Å². The van der Waals surface area contributed by atoms with Crippen molar-refractivity contribution in [2.45, 2.75) is 25.8 Å². The molecule has 0 radical (unpaired) electrons. The molecule has 1 atom stereocenters. The van der Waals surface area contributed by atoms with Crippen LogP contribution in [0.1, 0.15) is 17.1 Å². The van der Waals surface area contributed by atoms with E-state index in [9.17, 15) is 0 Å². The third-order valence-electron chi connectivity index (χ3n) is 2.32. The van der Waals surface area contributed by atoms with Crippen LogP contribution in [-0.2, 0) is 11.2 Å². The molecule has 2 heterocycles. The van der Waals surface area contributed by atoms with Crippen LogP contribution >= 0.6 is 11.3 Å². The Morgan fingerprint density at radius 2 is 2.57 bits per heavy atom. The quantitative estimate of drug-likeness (QED) is 0.824. The van der Waals surface area contributed by atoms with Crippen LogP contribution in [0.2, 0.25) is 0 Å². The first-order chi connectivity index (χ1) is 6.75. The van der Waals surface area contributed by atoms with E-state index in [2.05, 4.69) is 10.4 Å². The van der Waals surface area contributed by atoms with E-state index in [1.807, 2.05) is 6.92 Å². The first-order valence-corrected chi connectivity index (χ1v) is 5.61. The summed E-state index contributed by atoms with van der Waals surface area (Å²) in [4.78, 5) is 4.39. The van der Waals surface area contributed by atoms with Crippen molar-refractivity contribution >= 4 is 11.3 Å². The van der Waals surface area contributed by atoms with Gasteiger partial charge >= 0.3 is 0 Å². The van der Waals surface area contributed by atoms with Crippen molar-refractivity contribution in [3.05, 3.63) is 27.9 Å². The first kappa shape index (κ1) is 9.68. The minimum absolute atomic E-state index is 0.0685. The fourth-order valence-corrected chi connectivity index (χ4v) is 2.16. The summed E-state index contributed by atoms with van der Waals surface area (Å²) in [7, 11) is 0. The molecule has 4 heteroatoms. The van der Waals surface area contributed by atoms with E-state index in [4.69, 9.17) is 10.5 Å². The Kier molecular flexibility index (Phi) is 2.84. The molecule has 76 valence electrons. The predicted molar refractivity (Wildman–Crippen MR) is 57.2 cm³/mol. The maximum Gasteiger partial charge on any atom is 0.0912 e. The van der Waals surface area contributed by atoms with Crippen molar-refractivity contribution in [2.75, 3.05) is 6.61 Å². The van der Waals surface area contributed by atoms with Gasteiger partial charge in [-0.1, -0.05) is 0 Å². The van der Waals surface area contributed by atoms with Gasteiger partial charge in [0.25, 0.3) is 0 Å². The molecule has 1 unspecified atom stereocenters. The summed E-state index contributed by atoms with van der Waals surface area (Å²) in [5.74, 6) is 0. The third-order valence-corrected chi connectivity index (χ3v) is 3.14. The molecule has 2 rings (SSSR count). The second-order valence-electron chi connectivity index (χ2n) is 3.48. The minimum Gasteiger partial charge on any atom is -0.501 e. The Balaban J connectivity index is 1.97. The number of hydrogen-bond acceptors (Lipinski definition) is 4. The van der Waals surface area contributed by atoms with Gasteiger partial charge in [0, 0.05) is 24.3 Å². The highest BCUT2D eigenvalue weighted by Crippen LogP contribution is 2.17. The van der Waals surface area contributed by atoms with Gasteiger partial charge in [-0.15, -0.1) is 11.3 Å². The van der Waals surface area contributed by atoms with E-state index in [1.54, 1.807) is 17.6 Å². The van der Waals surface area contributed by atoms with E-state index in [1.165, 1.54) is 5.57 Å². The molecule has 0 amide bonds. The zero-order chi connectivity index (χ0) is 9.97. The lowest BCUT2D eigenvalue weighted by Gasteiger charge is -2.09. The Hall–Kier alpha value is -0.870. The second kappa shape index (κ2) is 4.11. The smallest absolute Gasteiger partial charge is 0.0912 e. The lowest BCUT2D eigenvalue weighted by molar-refractivity contribution is 0.281. The van der Waals surface area contributed by atoms with E-state index in [0.29, 0.717) is 0 Å². The van der Waals surface area contributed by atoms with Gasteiger partial charge in [-0.3, -0.25) is 0 Å². The van der Waals surface area contributed by atoms with Crippen molar-refractivity contribution in [2.24, 2.45) is 5.73 Å². The predicted octanol–water partition coefficient (Wildman–Crippen LogP) is 1.63. The van der Waals surface area contributed by atoms with E-state index < -0.39 is 0 Å². The van der Waals surface area contributed by atoms with E-state index in [-0.39, 0.29) is 6.04 Å². The standard InChI is InChI=1S/C10H14N2OS/c1-7-12-9(6-14-7)4-10(11)8-2-3-13-5-8/h5-6,10H,2-4,11H2,1H3. The van der Waals surface area contributed by atoms with Crippen LogP contribution in [0.4, 0.5) is 0 Å². The van der Waals surface area contributed by atoms with E-state index >= 15 is 0 Å². The topological polar surface area (TPSA) is 48.1 Å². The van der Waals surface area contributed by atoms with Crippen LogP contribution in [0.15, 0.2) is 17.2 Å². The molecule has 14 heavy (non-hydrogen) atoms. The number of nitrogens with zero attached hydrogens (tertiary/aromatic N) is 1. The van der Waals surface area contributed by atoms with Gasteiger partial charge < -0.3 is 10.5 Å². The molecule has 0 aliphatic carbocycles. The number of nitrogens with two attached hydrogens (primary N) is 1. The van der Waals surface area contributed by atoms with Gasteiger partial charge in [0.05, 0.1) is 23.6 Å². The van der Waals surface area contributed by atoms with E-state index in [0.717, 1.165) is 30.2 Å². The average Bonchev–Trinajstić information content (AvgIpc) is 2.75. The number of rotatable bonds is 3. The van der Waals surface area contributed by atoms with Crippen molar-refractivity contribution in [1.82, 2.24) is 4.98 Å². The first-order valence-electron chi connectivity index (χ1n) is 4.73. The molecule has 1 aliphatic rings. The zero-order valence-electron chi connectivity index (χ0n) is 8.19. The molecule has 0 fully saturated rings. The number of hydrogen-bond donors (Lipinski definition) is 1. The molecule has 0 spiro atoms. The van der Waals surface area contributed by atoms with Gasteiger partial charge in [0.15, 0.2) is 0 Å². The van der Waals surface area contributed by atoms with Gasteiger partial charge in [-0.25, -0.2) is 4.98 Å². The molecule has 1 aliphatic heterocycles. The van der Waals surface area contributed by atoms with Crippen LogP contribution in [-0.4, -0.2) is 17.6 Å². The van der Waals surface area contributed by atoms with Crippen LogP contribution in [0.25, 0.3) is 0 Å². The molecule has 0 saturated heterocycles. The number of aromatic nitrogens is 1. The zero-order valence-corrected chi connectivity index (χ0v) is 9.01. The highest BCUT2D eigenvalue weighted by Gasteiger charge is 2.15. The minimum atomic E-state index is 0.0685. The third kappa shape index (κ3) is 2.13. The second-order valence-corrected chi connectivity index (χ2v) is 4.54. The molecule has 1 aromatic heterocycles. The average molecular weight is 210 g/mol. The summed E-state index contributed by atoms with van der Waals surface area (Å²) in [6.07, 6.45) is 3.58. The van der Waals surface area contributed by atoms with Crippen molar-refractivity contribution in [3.8, 4) is 0 Å². The van der Waals surface area contributed by atoms with Gasteiger partial charge in [-0.05, 0) is 12.5 Å². The molecule has 0 saturated carbocycles. The largest absolute Gasteiger partial charge is 0.501 e. The Morgan fingerprint density at radius 3 is 3.14 bits per heavy atom. The highest BCUT2D eigenvalue weighted by molar-refractivity contribution is 7.09. The van der Waals surface area contributed by atoms with Crippen molar-refractivity contribution < 1.29 is 4.74 Å². The summed E-state index contributed by atoms with van der Waals surface area (Å²) >= 11 is 1.67. The molecule has 1 aromatic rings. The highest BCUT2D eigenvalue weighted by atomic mass is 32.1. The SMILES string of the molecule is Cc1nc(CC(N)C2=COCC2)cs1. The Bertz CT molecular complexity index is 346. The number of aryl methyl sites for hydroxylation is 1. The van der Waals surface area contributed by atoms with Gasteiger partial charge in [0.1, 0.15) is 0 Å². The fourth-order valence-electron chi connectivity index (χ4n) is 1.53.